The average Bonchev–Trinajstić information content (AvgIpc) is 3.47. The molecule has 4 rings (SSSR count). The minimum absolute atomic E-state index is 0.0200. The highest BCUT2D eigenvalue weighted by molar-refractivity contribution is 6.01. The molecule has 1 saturated carbocycles. The third kappa shape index (κ3) is 5.09. The molecule has 3 aromatic rings. The first-order valence-corrected chi connectivity index (χ1v) is 10.1. The quantitative estimate of drug-likeness (QED) is 0.446. The number of hydroxylamine groups is 1. The number of alkyl halides is 2. The fourth-order valence-electron chi connectivity index (χ4n) is 3.08. The van der Waals surface area contributed by atoms with Gasteiger partial charge < -0.3 is 10.6 Å². The number of carbonyl (C=O) groups excluding carboxylic acids is 2. The number of rotatable bonds is 8. The van der Waals surface area contributed by atoms with Crippen LogP contribution in [0.1, 0.15) is 23.7 Å². The number of hydrogen-bond acceptors (Lipinski definition) is 7. The van der Waals surface area contributed by atoms with Gasteiger partial charge in [-0.25, -0.2) is 29.2 Å². The smallest absolute Gasteiger partial charge is 0.278 e. The number of hydrogen-bond donors (Lipinski definition) is 3. The molecular weight excluding hydrogens is 434 g/mol. The summed E-state index contributed by atoms with van der Waals surface area (Å²) < 4.78 is 26.5. The van der Waals surface area contributed by atoms with E-state index in [2.05, 4.69) is 31.1 Å². The van der Waals surface area contributed by atoms with Crippen LogP contribution in [0.3, 0.4) is 0 Å². The molecule has 2 amide bonds. The number of para-hydroxylation sites is 1. The van der Waals surface area contributed by atoms with Crippen LogP contribution in [0.15, 0.2) is 55.0 Å². The molecule has 0 saturated heterocycles. The number of nitrogens with one attached hydrogen (secondary N) is 3. The molecule has 1 fully saturated rings. The number of anilines is 3. The number of pyridine rings is 1. The molecule has 3 N–H and O–H groups in total. The summed E-state index contributed by atoms with van der Waals surface area (Å²) in [5.41, 5.74) is 3.91. The molecule has 2 aromatic heterocycles. The fourth-order valence-corrected chi connectivity index (χ4v) is 3.08. The van der Waals surface area contributed by atoms with Gasteiger partial charge in [0, 0.05) is 42.3 Å². The molecule has 1 aliphatic carbocycles. The van der Waals surface area contributed by atoms with Crippen LogP contribution >= 0.6 is 0 Å². The topological polar surface area (TPSA) is 118 Å². The van der Waals surface area contributed by atoms with Gasteiger partial charge in [-0.2, -0.15) is 0 Å². The highest BCUT2D eigenvalue weighted by atomic mass is 19.3. The Hall–Kier alpha value is -3.99. The van der Waals surface area contributed by atoms with Gasteiger partial charge in [0.05, 0.1) is 17.9 Å². The van der Waals surface area contributed by atoms with Crippen LogP contribution < -0.4 is 16.1 Å². The summed E-state index contributed by atoms with van der Waals surface area (Å²) in [6.45, 7) is 1.96. The number of carbonyl (C=O) groups is 2. The van der Waals surface area contributed by atoms with Gasteiger partial charge in [-0.3, -0.25) is 14.4 Å². The molecule has 1 aliphatic rings. The van der Waals surface area contributed by atoms with Crippen molar-refractivity contribution in [2.24, 2.45) is 5.92 Å². The molecule has 1 unspecified atom stereocenters. The Morgan fingerprint density at radius 2 is 1.85 bits per heavy atom. The molecule has 0 spiro atoms. The molecule has 170 valence electrons. The van der Waals surface area contributed by atoms with Crippen molar-refractivity contribution in [2.75, 3.05) is 17.2 Å². The molecule has 33 heavy (non-hydrogen) atoms. The summed E-state index contributed by atoms with van der Waals surface area (Å²) in [6, 6.07) is 10.2. The van der Waals surface area contributed by atoms with Gasteiger partial charge in [0.2, 0.25) is 5.91 Å². The van der Waals surface area contributed by atoms with Crippen molar-refractivity contribution in [2.45, 2.75) is 19.3 Å². The fraction of sp³-hybridized carbons (Fsp3) is 0.227. The van der Waals surface area contributed by atoms with Crippen LogP contribution in [-0.4, -0.2) is 39.3 Å². The van der Waals surface area contributed by atoms with Crippen molar-refractivity contribution in [1.29, 1.82) is 0 Å². The number of nitrogens with zero attached hydrogens (tertiary/aromatic N) is 3. The van der Waals surface area contributed by atoms with Crippen LogP contribution in [-0.2, 0) is 9.63 Å². The predicted octanol–water partition coefficient (Wildman–Crippen LogP) is 3.56. The van der Waals surface area contributed by atoms with Gasteiger partial charge >= 0.3 is 0 Å². The van der Waals surface area contributed by atoms with E-state index in [1.807, 2.05) is 6.07 Å². The van der Waals surface area contributed by atoms with Gasteiger partial charge in [0.1, 0.15) is 11.7 Å². The normalized spacial score (nSPS) is 16.0. The maximum absolute atomic E-state index is 13.2. The van der Waals surface area contributed by atoms with E-state index in [0.717, 1.165) is 0 Å². The van der Waals surface area contributed by atoms with E-state index in [0.29, 0.717) is 17.1 Å². The molecule has 1 aromatic carbocycles. The van der Waals surface area contributed by atoms with Gasteiger partial charge in [-0.15, -0.1) is 0 Å². The van der Waals surface area contributed by atoms with Crippen molar-refractivity contribution >= 4 is 29.0 Å². The first kappa shape index (κ1) is 22.2. The Kier molecular flexibility index (Phi) is 6.22. The lowest BCUT2D eigenvalue weighted by atomic mass is 10.1. The molecule has 0 radical (unpaired) electrons. The summed E-state index contributed by atoms with van der Waals surface area (Å²) in [7, 11) is 0. The molecule has 1 atom stereocenters. The largest absolute Gasteiger partial charge is 0.354 e. The van der Waals surface area contributed by atoms with Crippen molar-refractivity contribution in [3.05, 3.63) is 60.6 Å². The SMILES string of the molecule is CCONC(=O)c1cnc(NC(=O)C2CC2(F)F)cc1Nc1ccccc1-c1ncccn1. The Morgan fingerprint density at radius 1 is 1.12 bits per heavy atom. The Morgan fingerprint density at radius 3 is 2.55 bits per heavy atom. The molecule has 0 aliphatic heterocycles. The van der Waals surface area contributed by atoms with Crippen molar-refractivity contribution < 1.29 is 23.2 Å². The zero-order chi connectivity index (χ0) is 23.4. The second-order valence-electron chi connectivity index (χ2n) is 7.23. The lowest BCUT2D eigenvalue weighted by molar-refractivity contribution is -0.119. The number of amides is 2. The predicted molar refractivity (Wildman–Crippen MR) is 116 cm³/mol. The standard InChI is InChI=1S/C22H20F2N6O3/c1-2-33-30-20(31)14-12-27-18(29-21(32)15-11-22(15,23)24)10-17(14)28-16-7-4-3-6-13(16)19-25-8-5-9-26-19/h3-10,12,15H,2,11H2,1H3,(H,30,31)(H2,27,28,29,32). The number of benzene rings is 1. The van der Waals surface area contributed by atoms with E-state index in [9.17, 15) is 18.4 Å². The average molecular weight is 454 g/mol. The van der Waals surface area contributed by atoms with Crippen LogP contribution in [0, 0.1) is 5.92 Å². The third-order valence-corrected chi connectivity index (χ3v) is 4.85. The summed E-state index contributed by atoms with van der Waals surface area (Å²) in [5, 5.41) is 5.52. The number of halogens is 2. The molecule has 0 bridgehead atoms. The molecule has 9 nitrogen and oxygen atoms in total. The van der Waals surface area contributed by atoms with E-state index in [4.69, 9.17) is 4.84 Å². The van der Waals surface area contributed by atoms with E-state index in [1.54, 1.807) is 43.6 Å². The summed E-state index contributed by atoms with van der Waals surface area (Å²) in [5.74, 6) is -5.31. The summed E-state index contributed by atoms with van der Waals surface area (Å²) in [6.07, 6.45) is 3.93. The summed E-state index contributed by atoms with van der Waals surface area (Å²) >= 11 is 0. The van der Waals surface area contributed by atoms with Crippen molar-refractivity contribution in [3.8, 4) is 11.4 Å². The van der Waals surface area contributed by atoms with E-state index < -0.39 is 30.1 Å². The Bertz CT molecular complexity index is 1180. The molecule has 11 heteroatoms. The third-order valence-electron chi connectivity index (χ3n) is 4.85. The Labute approximate surface area is 187 Å². The van der Waals surface area contributed by atoms with E-state index >= 15 is 0 Å². The van der Waals surface area contributed by atoms with Gasteiger partial charge in [0.15, 0.2) is 5.82 Å². The van der Waals surface area contributed by atoms with Crippen LogP contribution in [0.25, 0.3) is 11.4 Å². The lowest BCUT2D eigenvalue weighted by Crippen LogP contribution is -2.25. The van der Waals surface area contributed by atoms with Crippen LogP contribution in [0.4, 0.5) is 26.0 Å². The Balaban J connectivity index is 1.66. The zero-order valence-corrected chi connectivity index (χ0v) is 17.5. The minimum Gasteiger partial charge on any atom is -0.354 e. The molecular formula is C22H20F2N6O3. The zero-order valence-electron chi connectivity index (χ0n) is 17.5. The number of aromatic nitrogens is 3. The maximum atomic E-state index is 13.2. The monoisotopic (exact) mass is 454 g/mol. The summed E-state index contributed by atoms with van der Waals surface area (Å²) in [4.78, 5) is 42.2. The van der Waals surface area contributed by atoms with E-state index in [1.165, 1.54) is 12.3 Å². The minimum atomic E-state index is -3.00. The van der Waals surface area contributed by atoms with Gasteiger partial charge in [-0.05, 0) is 25.1 Å². The van der Waals surface area contributed by atoms with Crippen molar-refractivity contribution in [1.82, 2.24) is 20.4 Å². The highest BCUT2D eigenvalue weighted by Gasteiger charge is 2.61. The maximum Gasteiger partial charge on any atom is 0.278 e. The van der Waals surface area contributed by atoms with Crippen LogP contribution in [0.2, 0.25) is 0 Å². The lowest BCUT2D eigenvalue weighted by Gasteiger charge is -2.16. The second kappa shape index (κ2) is 9.25. The first-order chi connectivity index (χ1) is 15.9. The van der Waals surface area contributed by atoms with Crippen molar-refractivity contribution in [3.63, 3.8) is 0 Å². The first-order valence-electron chi connectivity index (χ1n) is 10.1. The second-order valence-corrected chi connectivity index (χ2v) is 7.23. The van der Waals surface area contributed by atoms with E-state index in [-0.39, 0.29) is 23.7 Å². The van der Waals surface area contributed by atoms with Crippen LogP contribution in [0.5, 0.6) is 0 Å². The van der Waals surface area contributed by atoms with Gasteiger partial charge in [0.25, 0.3) is 11.8 Å². The van der Waals surface area contributed by atoms with Gasteiger partial charge in [-0.1, -0.05) is 12.1 Å². The molecule has 2 heterocycles. The highest BCUT2D eigenvalue weighted by Crippen LogP contribution is 2.49.